The van der Waals surface area contributed by atoms with Crippen molar-refractivity contribution in [3.8, 4) is 0 Å². The smallest absolute Gasteiger partial charge is 0.237 e. The number of nitrogens with zero attached hydrogens (tertiary/aromatic N) is 3. The lowest BCUT2D eigenvalue weighted by Gasteiger charge is -2.12. The van der Waals surface area contributed by atoms with Gasteiger partial charge in [-0.15, -0.1) is 0 Å². The summed E-state index contributed by atoms with van der Waals surface area (Å²) in [6.07, 6.45) is 1.57. The highest BCUT2D eigenvalue weighted by Crippen LogP contribution is 2.21. The van der Waals surface area contributed by atoms with Crippen LogP contribution in [0.5, 0.6) is 0 Å². The fourth-order valence-electron chi connectivity index (χ4n) is 1.44. The molecule has 7 nitrogen and oxygen atoms in total. The number of amides is 1. The van der Waals surface area contributed by atoms with Crippen molar-refractivity contribution in [1.82, 2.24) is 9.55 Å². The van der Waals surface area contributed by atoms with Crippen molar-refractivity contribution in [2.24, 2.45) is 5.73 Å². The Morgan fingerprint density at radius 2 is 2.47 bits per heavy atom. The van der Waals surface area contributed by atoms with E-state index in [0.717, 1.165) is 11.5 Å². The monoisotopic (exact) mass is 212 g/mol. The molecule has 7 heteroatoms. The van der Waals surface area contributed by atoms with E-state index in [4.69, 9.17) is 15.5 Å². The first-order valence-electron chi connectivity index (χ1n) is 4.46. The van der Waals surface area contributed by atoms with Crippen molar-refractivity contribution in [3.63, 3.8) is 0 Å². The van der Waals surface area contributed by atoms with Gasteiger partial charge in [0.2, 0.25) is 5.91 Å². The van der Waals surface area contributed by atoms with Crippen molar-refractivity contribution in [2.45, 2.75) is 13.2 Å². The summed E-state index contributed by atoms with van der Waals surface area (Å²) in [5.41, 5.74) is 5.90. The van der Waals surface area contributed by atoms with Crippen LogP contribution in [-0.2, 0) is 27.7 Å². The molecule has 1 aromatic rings. The fourth-order valence-corrected chi connectivity index (χ4v) is 1.44. The van der Waals surface area contributed by atoms with Gasteiger partial charge >= 0.3 is 0 Å². The van der Waals surface area contributed by atoms with Crippen LogP contribution in [0.3, 0.4) is 0 Å². The molecule has 1 aromatic heterocycles. The molecule has 0 fully saturated rings. The minimum absolute atomic E-state index is 0.0968. The summed E-state index contributed by atoms with van der Waals surface area (Å²) in [7, 11) is 1.83. The van der Waals surface area contributed by atoms with Crippen molar-refractivity contribution < 1.29 is 14.6 Å². The number of primary amides is 1. The molecule has 0 aromatic carbocycles. The number of carbonyl (C=O) groups is 1. The summed E-state index contributed by atoms with van der Waals surface area (Å²) in [5, 5.41) is 0. The van der Waals surface area contributed by atoms with Crippen LogP contribution in [0.1, 0.15) is 5.69 Å². The summed E-state index contributed by atoms with van der Waals surface area (Å²) in [6.45, 7) is 0.660. The fraction of sp³-hybridized carbons (Fsp3) is 0.500. The van der Waals surface area contributed by atoms with Crippen LogP contribution >= 0.6 is 0 Å². The van der Waals surface area contributed by atoms with Crippen LogP contribution in [0.4, 0.5) is 5.82 Å². The molecule has 0 unspecified atom stereocenters. The number of anilines is 1. The first kappa shape index (κ1) is 9.94. The van der Waals surface area contributed by atoms with Crippen molar-refractivity contribution in [3.05, 3.63) is 12.0 Å². The summed E-state index contributed by atoms with van der Waals surface area (Å²) in [5.74, 6) is 0.330. The lowest BCUT2D eigenvalue weighted by Crippen LogP contribution is -2.21. The van der Waals surface area contributed by atoms with Gasteiger partial charge in [0, 0.05) is 7.05 Å². The SMILES string of the molecule is CN1COOCc2c1ncn2CC(N)=O. The Morgan fingerprint density at radius 1 is 1.67 bits per heavy atom. The maximum Gasteiger partial charge on any atom is 0.237 e. The Morgan fingerprint density at radius 3 is 3.20 bits per heavy atom. The Balaban J connectivity index is 2.31. The third-order valence-electron chi connectivity index (χ3n) is 2.14. The van der Waals surface area contributed by atoms with Crippen LogP contribution in [0, 0.1) is 0 Å². The average molecular weight is 212 g/mol. The maximum atomic E-state index is 10.8. The van der Waals surface area contributed by atoms with E-state index in [0.29, 0.717) is 6.73 Å². The molecule has 0 bridgehead atoms. The van der Waals surface area contributed by atoms with Crippen molar-refractivity contribution in [1.29, 1.82) is 0 Å². The molecule has 82 valence electrons. The summed E-state index contributed by atoms with van der Waals surface area (Å²) in [6, 6.07) is 0. The molecule has 15 heavy (non-hydrogen) atoms. The number of aromatic nitrogens is 2. The summed E-state index contributed by atoms with van der Waals surface area (Å²) >= 11 is 0. The number of fused-ring (bicyclic) bond motifs is 1. The zero-order chi connectivity index (χ0) is 10.8. The highest BCUT2D eigenvalue weighted by Gasteiger charge is 2.19. The van der Waals surface area contributed by atoms with E-state index in [9.17, 15) is 4.79 Å². The highest BCUT2D eigenvalue weighted by atomic mass is 17.2. The Labute approximate surface area is 86.3 Å². The van der Waals surface area contributed by atoms with Gasteiger partial charge in [-0.25, -0.2) is 14.8 Å². The van der Waals surface area contributed by atoms with Gasteiger partial charge in [-0.1, -0.05) is 0 Å². The third kappa shape index (κ3) is 1.92. The molecule has 2 N–H and O–H groups in total. The predicted molar refractivity (Wildman–Crippen MR) is 50.6 cm³/mol. The molecule has 2 rings (SSSR count). The van der Waals surface area contributed by atoms with Crippen LogP contribution < -0.4 is 10.6 Å². The first-order chi connectivity index (χ1) is 7.18. The minimum Gasteiger partial charge on any atom is -0.368 e. The zero-order valence-corrected chi connectivity index (χ0v) is 8.34. The van der Waals surface area contributed by atoms with Crippen LogP contribution in [-0.4, -0.2) is 29.2 Å². The quantitative estimate of drug-likeness (QED) is 0.650. The third-order valence-corrected chi connectivity index (χ3v) is 2.14. The number of hydrogen-bond donors (Lipinski definition) is 1. The molecule has 0 radical (unpaired) electrons. The Bertz CT molecular complexity index is 376. The van der Waals surface area contributed by atoms with E-state index < -0.39 is 5.91 Å². The maximum absolute atomic E-state index is 10.8. The molecule has 0 saturated heterocycles. The van der Waals surface area contributed by atoms with Gasteiger partial charge in [-0.2, -0.15) is 0 Å². The van der Waals surface area contributed by atoms with Crippen molar-refractivity contribution in [2.75, 3.05) is 18.7 Å². The normalized spacial score (nSPS) is 15.9. The highest BCUT2D eigenvalue weighted by molar-refractivity contribution is 5.73. The number of nitrogens with two attached hydrogens (primary N) is 1. The molecule has 1 aliphatic heterocycles. The average Bonchev–Trinajstić information content (AvgIpc) is 2.45. The second-order valence-electron chi connectivity index (χ2n) is 3.32. The van der Waals surface area contributed by atoms with Gasteiger partial charge in [-0.3, -0.25) is 4.79 Å². The molecule has 0 aliphatic carbocycles. The number of rotatable bonds is 2. The lowest BCUT2D eigenvalue weighted by atomic mass is 10.4. The first-order valence-corrected chi connectivity index (χ1v) is 4.46. The van der Waals surface area contributed by atoms with Crippen LogP contribution in [0.15, 0.2) is 6.33 Å². The molecular formula is C8H12N4O3. The van der Waals surface area contributed by atoms with E-state index in [2.05, 4.69) is 4.98 Å². The molecular weight excluding hydrogens is 200 g/mol. The summed E-state index contributed by atoms with van der Waals surface area (Å²) in [4.78, 5) is 26.6. The van der Waals surface area contributed by atoms with E-state index >= 15 is 0 Å². The van der Waals surface area contributed by atoms with Crippen molar-refractivity contribution >= 4 is 11.7 Å². The molecule has 0 spiro atoms. The van der Waals surface area contributed by atoms with Gasteiger partial charge < -0.3 is 15.2 Å². The van der Waals surface area contributed by atoms with Gasteiger partial charge in [0.1, 0.15) is 13.2 Å². The zero-order valence-electron chi connectivity index (χ0n) is 8.34. The molecule has 2 heterocycles. The van der Waals surface area contributed by atoms with Gasteiger partial charge in [0.15, 0.2) is 12.5 Å². The molecule has 0 atom stereocenters. The van der Waals surface area contributed by atoms with E-state index in [1.54, 1.807) is 15.8 Å². The van der Waals surface area contributed by atoms with E-state index in [1.165, 1.54) is 0 Å². The number of carbonyl (C=O) groups excluding carboxylic acids is 1. The largest absolute Gasteiger partial charge is 0.368 e. The van der Waals surface area contributed by atoms with E-state index in [-0.39, 0.29) is 13.2 Å². The van der Waals surface area contributed by atoms with Gasteiger partial charge in [0.25, 0.3) is 0 Å². The van der Waals surface area contributed by atoms with Gasteiger partial charge in [-0.05, 0) is 0 Å². The molecule has 0 saturated carbocycles. The molecule has 1 aliphatic rings. The lowest BCUT2D eigenvalue weighted by molar-refractivity contribution is -0.300. The standard InChI is InChI=1S/C8H12N4O3/c1-11-5-15-14-3-6-8(11)10-4-12(6)2-7(9)13/h4H,2-3,5H2,1H3,(H2,9,13). The Hall–Kier alpha value is -1.60. The van der Waals surface area contributed by atoms with Crippen LogP contribution in [0.25, 0.3) is 0 Å². The Kier molecular flexibility index (Phi) is 2.57. The van der Waals surface area contributed by atoms with Crippen LogP contribution in [0.2, 0.25) is 0 Å². The minimum atomic E-state index is -0.414. The van der Waals surface area contributed by atoms with E-state index in [1.807, 2.05) is 7.05 Å². The topological polar surface area (TPSA) is 82.6 Å². The number of imidazole rings is 1. The second kappa shape index (κ2) is 3.87. The summed E-state index contributed by atoms with van der Waals surface area (Å²) < 4.78 is 1.66. The van der Waals surface area contributed by atoms with Gasteiger partial charge in [0.05, 0.1) is 12.0 Å². The molecule has 1 amide bonds. The predicted octanol–water partition coefficient (Wildman–Crippen LogP) is -0.776. The number of hydrogen-bond acceptors (Lipinski definition) is 5. The second-order valence-corrected chi connectivity index (χ2v) is 3.32.